The number of aliphatic hydroxyl groups is 1. The summed E-state index contributed by atoms with van der Waals surface area (Å²) < 4.78 is 5.30. The molecule has 2 aromatic rings. The number of nitrogens with zero attached hydrogens (tertiary/aromatic N) is 1. The molecule has 0 fully saturated rings. The summed E-state index contributed by atoms with van der Waals surface area (Å²) in [5.41, 5.74) is 1.92. The minimum atomic E-state index is -0.604. The highest BCUT2D eigenvalue weighted by Gasteiger charge is 2.15. The Morgan fingerprint density at radius 3 is 2.90 bits per heavy atom. The van der Waals surface area contributed by atoms with Gasteiger partial charge in [-0.3, -0.25) is 0 Å². The number of nitrogens with one attached hydrogen (secondary N) is 1. The number of methoxy groups -OCH3 is 1. The summed E-state index contributed by atoms with van der Waals surface area (Å²) in [6, 6.07) is 5.94. The van der Waals surface area contributed by atoms with Crippen LogP contribution in [0.2, 0.25) is 0 Å². The van der Waals surface area contributed by atoms with E-state index in [1.165, 1.54) is 0 Å². The Kier molecular flexibility index (Phi) is 5.11. The lowest BCUT2D eigenvalue weighted by atomic mass is 10.0. The van der Waals surface area contributed by atoms with Crippen LogP contribution in [0, 0.1) is 6.92 Å². The third kappa shape index (κ3) is 3.56. The maximum absolute atomic E-state index is 10.3. The smallest absolute Gasteiger partial charge is 0.124 e. The van der Waals surface area contributed by atoms with Crippen molar-refractivity contribution >= 4 is 11.3 Å². The van der Waals surface area contributed by atoms with Gasteiger partial charge in [0.05, 0.1) is 19.3 Å². The second-order valence-corrected chi connectivity index (χ2v) is 5.69. The van der Waals surface area contributed by atoms with Crippen LogP contribution in [0.15, 0.2) is 29.8 Å². The minimum Gasteiger partial charge on any atom is -0.496 e. The molecular formula is C15H20N2O2S. The maximum Gasteiger partial charge on any atom is 0.124 e. The van der Waals surface area contributed by atoms with Gasteiger partial charge in [0.2, 0.25) is 0 Å². The van der Waals surface area contributed by atoms with Gasteiger partial charge in [0, 0.05) is 23.7 Å². The number of aliphatic hydroxyl groups excluding tert-OH is 1. The number of thiazole rings is 1. The Labute approximate surface area is 123 Å². The van der Waals surface area contributed by atoms with Crippen LogP contribution < -0.4 is 10.1 Å². The van der Waals surface area contributed by atoms with Gasteiger partial charge in [0.25, 0.3) is 0 Å². The molecule has 0 aliphatic heterocycles. The van der Waals surface area contributed by atoms with Crippen molar-refractivity contribution in [2.45, 2.75) is 26.0 Å². The Morgan fingerprint density at radius 2 is 2.25 bits per heavy atom. The van der Waals surface area contributed by atoms with Crippen LogP contribution in [0.1, 0.15) is 35.2 Å². The van der Waals surface area contributed by atoms with E-state index in [-0.39, 0.29) is 6.04 Å². The fourth-order valence-corrected chi connectivity index (χ4v) is 2.72. The van der Waals surface area contributed by atoms with Crippen molar-refractivity contribution in [1.82, 2.24) is 10.3 Å². The van der Waals surface area contributed by atoms with Crippen molar-refractivity contribution in [3.05, 3.63) is 45.9 Å². The molecule has 4 nitrogen and oxygen atoms in total. The van der Waals surface area contributed by atoms with Gasteiger partial charge in [0.15, 0.2) is 0 Å². The van der Waals surface area contributed by atoms with Crippen molar-refractivity contribution in [2.75, 3.05) is 13.7 Å². The van der Waals surface area contributed by atoms with Crippen LogP contribution >= 0.6 is 11.3 Å². The maximum atomic E-state index is 10.3. The highest BCUT2D eigenvalue weighted by molar-refractivity contribution is 7.09. The summed E-state index contributed by atoms with van der Waals surface area (Å²) >= 11 is 1.61. The first-order valence-corrected chi connectivity index (χ1v) is 7.45. The van der Waals surface area contributed by atoms with E-state index in [1.807, 2.05) is 37.4 Å². The number of aromatic nitrogens is 1. The lowest BCUT2D eigenvalue weighted by Crippen LogP contribution is -2.24. The lowest BCUT2D eigenvalue weighted by Gasteiger charge is -2.18. The van der Waals surface area contributed by atoms with Crippen molar-refractivity contribution < 1.29 is 9.84 Å². The average molecular weight is 292 g/mol. The number of aryl methyl sites for hydroxylation is 1. The molecule has 1 aromatic carbocycles. The van der Waals surface area contributed by atoms with Crippen LogP contribution in [0.25, 0.3) is 0 Å². The summed E-state index contributed by atoms with van der Waals surface area (Å²) in [5, 5.41) is 16.6. The first-order chi connectivity index (χ1) is 9.61. The Hall–Kier alpha value is -1.43. The molecule has 2 unspecified atom stereocenters. The second-order valence-electron chi connectivity index (χ2n) is 4.76. The normalized spacial score (nSPS) is 14.0. The third-order valence-corrected chi connectivity index (χ3v) is 4.14. The zero-order valence-electron chi connectivity index (χ0n) is 12.0. The van der Waals surface area contributed by atoms with Crippen LogP contribution in [-0.4, -0.2) is 23.7 Å². The second kappa shape index (κ2) is 6.83. The molecule has 5 heteroatoms. The minimum absolute atomic E-state index is 0.125. The topological polar surface area (TPSA) is 54.4 Å². The van der Waals surface area contributed by atoms with Crippen LogP contribution in [-0.2, 0) is 0 Å². The van der Waals surface area contributed by atoms with Gasteiger partial charge >= 0.3 is 0 Å². The number of hydrogen-bond donors (Lipinski definition) is 2. The van der Waals surface area contributed by atoms with E-state index in [4.69, 9.17) is 4.74 Å². The molecule has 0 saturated heterocycles. The fraction of sp³-hybridized carbons (Fsp3) is 0.400. The summed E-state index contributed by atoms with van der Waals surface area (Å²) in [5.74, 6) is 0.715. The Balaban J connectivity index is 2.01. The predicted octanol–water partition coefficient (Wildman–Crippen LogP) is 2.84. The van der Waals surface area contributed by atoms with E-state index in [0.29, 0.717) is 12.3 Å². The molecule has 2 rings (SSSR count). The lowest BCUT2D eigenvalue weighted by molar-refractivity contribution is 0.166. The highest BCUT2D eigenvalue weighted by Crippen LogP contribution is 2.26. The monoisotopic (exact) mass is 292 g/mol. The van der Waals surface area contributed by atoms with Crippen molar-refractivity contribution in [1.29, 1.82) is 0 Å². The van der Waals surface area contributed by atoms with Crippen molar-refractivity contribution in [3.63, 3.8) is 0 Å². The van der Waals surface area contributed by atoms with E-state index in [9.17, 15) is 5.11 Å². The number of rotatable bonds is 6. The molecule has 0 bridgehead atoms. The van der Waals surface area contributed by atoms with Gasteiger partial charge in [-0.05, 0) is 26.0 Å². The zero-order chi connectivity index (χ0) is 14.5. The molecule has 1 heterocycles. The first-order valence-electron chi connectivity index (χ1n) is 6.57. The summed E-state index contributed by atoms with van der Waals surface area (Å²) in [6.07, 6.45) is 1.19. The first kappa shape index (κ1) is 15.0. The molecule has 0 aliphatic rings. The highest BCUT2D eigenvalue weighted by atomic mass is 32.1. The number of ether oxygens (including phenoxy) is 1. The van der Waals surface area contributed by atoms with Crippen LogP contribution in [0.5, 0.6) is 5.75 Å². The van der Waals surface area contributed by atoms with E-state index in [1.54, 1.807) is 24.6 Å². The molecular weight excluding hydrogens is 272 g/mol. The molecule has 20 heavy (non-hydrogen) atoms. The molecule has 2 N–H and O–H groups in total. The predicted molar refractivity (Wildman–Crippen MR) is 81.2 cm³/mol. The molecule has 108 valence electrons. The number of hydrogen-bond acceptors (Lipinski definition) is 5. The summed E-state index contributed by atoms with van der Waals surface area (Å²) in [7, 11) is 1.62. The molecule has 2 atom stereocenters. The van der Waals surface area contributed by atoms with Crippen LogP contribution in [0.4, 0.5) is 0 Å². The van der Waals surface area contributed by atoms with Gasteiger partial charge < -0.3 is 15.2 Å². The molecule has 1 aromatic heterocycles. The van der Waals surface area contributed by atoms with E-state index < -0.39 is 6.10 Å². The zero-order valence-corrected chi connectivity index (χ0v) is 12.8. The SMILES string of the molecule is COc1ccc(C)cc1C(O)CNC(C)c1nccs1. The van der Waals surface area contributed by atoms with Crippen molar-refractivity contribution in [3.8, 4) is 5.75 Å². The largest absolute Gasteiger partial charge is 0.496 e. The van der Waals surface area contributed by atoms with Gasteiger partial charge in [0.1, 0.15) is 10.8 Å². The molecule has 0 radical (unpaired) electrons. The van der Waals surface area contributed by atoms with Gasteiger partial charge in [-0.15, -0.1) is 11.3 Å². The average Bonchev–Trinajstić information content (AvgIpc) is 2.98. The molecule has 0 amide bonds. The quantitative estimate of drug-likeness (QED) is 0.859. The summed E-state index contributed by atoms with van der Waals surface area (Å²) in [6.45, 7) is 4.50. The van der Waals surface area contributed by atoms with E-state index >= 15 is 0 Å². The molecule has 0 spiro atoms. The fourth-order valence-electron chi connectivity index (χ4n) is 2.05. The van der Waals surface area contributed by atoms with E-state index in [0.717, 1.165) is 16.1 Å². The van der Waals surface area contributed by atoms with Gasteiger partial charge in [-0.2, -0.15) is 0 Å². The van der Waals surface area contributed by atoms with Crippen molar-refractivity contribution in [2.24, 2.45) is 0 Å². The van der Waals surface area contributed by atoms with Crippen LogP contribution in [0.3, 0.4) is 0 Å². The van der Waals surface area contributed by atoms with E-state index in [2.05, 4.69) is 10.3 Å². The Morgan fingerprint density at radius 1 is 1.45 bits per heavy atom. The molecule has 0 aliphatic carbocycles. The summed E-state index contributed by atoms with van der Waals surface area (Å²) in [4.78, 5) is 4.26. The van der Waals surface area contributed by atoms with Gasteiger partial charge in [-0.1, -0.05) is 11.6 Å². The Bertz CT molecular complexity index is 543. The number of benzene rings is 1. The third-order valence-electron chi connectivity index (χ3n) is 3.18. The standard InChI is InChI=1S/C15H20N2O2S/c1-10-4-5-14(19-3)12(8-10)13(18)9-17-11(2)15-16-6-7-20-15/h4-8,11,13,17-18H,9H2,1-3H3. The van der Waals surface area contributed by atoms with Gasteiger partial charge in [-0.25, -0.2) is 4.98 Å². The molecule has 0 saturated carbocycles.